The van der Waals surface area contributed by atoms with Crippen molar-refractivity contribution >= 4 is 29.8 Å². The molecule has 0 radical (unpaired) electrons. The van der Waals surface area contributed by atoms with Crippen molar-refractivity contribution in [2.75, 3.05) is 33.8 Å². The topological polar surface area (TPSA) is 86.3 Å². The van der Waals surface area contributed by atoms with Gasteiger partial charge in [-0.3, -0.25) is 4.79 Å². The number of methoxy groups -OCH3 is 4. The van der Waals surface area contributed by atoms with Crippen molar-refractivity contribution in [3.63, 3.8) is 0 Å². The van der Waals surface area contributed by atoms with Gasteiger partial charge in [-0.1, -0.05) is 24.3 Å². The fourth-order valence-corrected chi connectivity index (χ4v) is 3.23. The summed E-state index contributed by atoms with van der Waals surface area (Å²) in [6.07, 6.45) is 6.85. The molecule has 0 spiro atoms. The van der Waals surface area contributed by atoms with E-state index in [2.05, 4.69) is 5.32 Å². The molecule has 176 valence electrons. The van der Waals surface area contributed by atoms with Crippen LogP contribution in [0.1, 0.15) is 16.7 Å². The Labute approximate surface area is 198 Å². The third-order valence-corrected chi connectivity index (χ3v) is 4.98. The van der Waals surface area contributed by atoms with Crippen molar-refractivity contribution in [2.24, 2.45) is 0 Å². The molecule has 0 fully saturated rings. The van der Waals surface area contributed by atoms with Crippen molar-refractivity contribution < 1.29 is 28.8 Å². The molecule has 0 heterocycles. The molecule has 3 rings (SSSR count). The Morgan fingerprint density at radius 3 is 2.03 bits per heavy atom. The lowest BCUT2D eigenvalue weighted by atomic mass is 10.1. The minimum absolute atomic E-state index is 0.168. The minimum atomic E-state index is -0.302. The summed E-state index contributed by atoms with van der Waals surface area (Å²) in [5.41, 5.74) is 2.99. The molecule has 0 saturated carbocycles. The van der Waals surface area contributed by atoms with Gasteiger partial charge in [-0.05, 0) is 59.2 Å². The lowest BCUT2D eigenvalue weighted by molar-refractivity contribution is -0.111. The van der Waals surface area contributed by atoms with Crippen LogP contribution in [0.25, 0.3) is 18.2 Å². The van der Waals surface area contributed by atoms with Crippen LogP contribution < -0.4 is 24.3 Å². The molecule has 0 aromatic heterocycles. The summed E-state index contributed by atoms with van der Waals surface area (Å²) in [7, 11) is 6.25. The van der Waals surface area contributed by atoms with E-state index in [-0.39, 0.29) is 11.7 Å². The number of rotatable bonds is 9. The van der Waals surface area contributed by atoms with Gasteiger partial charge in [0, 0.05) is 12.1 Å². The summed E-state index contributed by atoms with van der Waals surface area (Å²) in [5, 5.41) is 12.3. The first-order chi connectivity index (χ1) is 16.5. The summed E-state index contributed by atoms with van der Waals surface area (Å²) >= 11 is 0. The first kappa shape index (κ1) is 24.3. The number of ether oxygens (including phenoxy) is 4. The Bertz CT molecular complexity index is 1170. The van der Waals surface area contributed by atoms with Gasteiger partial charge in [0.2, 0.25) is 11.7 Å². The number of nitrogens with one attached hydrogen (secondary N) is 1. The summed E-state index contributed by atoms with van der Waals surface area (Å²) in [4.78, 5) is 12.6. The second-order valence-electron chi connectivity index (χ2n) is 7.16. The van der Waals surface area contributed by atoms with Crippen molar-refractivity contribution in [3.05, 3.63) is 77.4 Å². The highest BCUT2D eigenvalue weighted by atomic mass is 16.5. The molecule has 34 heavy (non-hydrogen) atoms. The number of benzene rings is 3. The van der Waals surface area contributed by atoms with E-state index in [4.69, 9.17) is 18.9 Å². The minimum Gasteiger partial charge on any atom is -0.508 e. The van der Waals surface area contributed by atoms with E-state index in [1.54, 1.807) is 64.8 Å². The molecule has 1 amide bonds. The number of anilines is 1. The summed E-state index contributed by atoms with van der Waals surface area (Å²) < 4.78 is 21.5. The number of carbonyl (C=O) groups excluding carboxylic acids is 1. The molecule has 0 unspecified atom stereocenters. The maximum atomic E-state index is 12.6. The van der Waals surface area contributed by atoms with Crippen LogP contribution in [0.5, 0.6) is 28.7 Å². The van der Waals surface area contributed by atoms with Crippen molar-refractivity contribution in [1.29, 1.82) is 0 Å². The van der Waals surface area contributed by atoms with Gasteiger partial charge in [-0.2, -0.15) is 0 Å². The third kappa shape index (κ3) is 6.10. The van der Waals surface area contributed by atoms with Crippen LogP contribution in [0, 0.1) is 0 Å². The van der Waals surface area contributed by atoms with Crippen molar-refractivity contribution in [3.8, 4) is 28.7 Å². The van der Waals surface area contributed by atoms with Crippen molar-refractivity contribution in [2.45, 2.75) is 0 Å². The Morgan fingerprint density at radius 2 is 1.44 bits per heavy atom. The standard InChI is InChI=1S/C27H27NO6/c1-31-22-13-10-20(9-5-19-15-24(32-2)27(34-4)25(16-19)33-3)23(17-22)28-26(30)14-8-18-6-11-21(29)12-7-18/h5-17,29H,1-4H3,(H,28,30)/b9-5?,14-8+. The van der Waals surface area contributed by atoms with E-state index in [0.29, 0.717) is 28.7 Å². The SMILES string of the molecule is COc1ccc(C=Cc2cc(OC)c(OC)c(OC)c2)c(NC(=O)/C=C/c2ccc(O)cc2)c1. The normalized spacial score (nSPS) is 10.9. The van der Waals surface area contributed by atoms with E-state index >= 15 is 0 Å². The second kappa shape index (κ2) is 11.5. The highest BCUT2D eigenvalue weighted by Crippen LogP contribution is 2.38. The maximum Gasteiger partial charge on any atom is 0.248 e. The predicted molar refractivity (Wildman–Crippen MR) is 134 cm³/mol. The Kier molecular flexibility index (Phi) is 8.18. The number of aromatic hydroxyl groups is 1. The molecule has 0 atom stereocenters. The quantitative estimate of drug-likeness (QED) is 0.334. The number of hydrogen-bond acceptors (Lipinski definition) is 6. The van der Waals surface area contributed by atoms with Gasteiger partial charge >= 0.3 is 0 Å². The van der Waals surface area contributed by atoms with Crippen LogP contribution in [0.2, 0.25) is 0 Å². The van der Waals surface area contributed by atoms with E-state index in [9.17, 15) is 9.90 Å². The monoisotopic (exact) mass is 461 g/mol. The number of hydrogen-bond donors (Lipinski definition) is 2. The molecular formula is C27H27NO6. The first-order valence-corrected chi connectivity index (χ1v) is 10.4. The molecule has 0 saturated heterocycles. The molecule has 7 heteroatoms. The van der Waals surface area contributed by atoms with E-state index in [1.165, 1.54) is 6.08 Å². The largest absolute Gasteiger partial charge is 0.508 e. The third-order valence-electron chi connectivity index (χ3n) is 4.98. The molecule has 0 bridgehead atoms. The molecule has 0 aliphatic heterocycles. The summed E-state index contributed by atoms with van der Waals surface area (Å²) in [6.45, 7) is 0. The van der Waals surface area contributed by atoms with Gasteiger partial charge in [0.15, 0.2) is 11.5 Å². The van der Waals surface area contributed by atoms with Gasteiger partial charge in [0.1, 0.15) is 11.5 Å². The highest BCUT2D eigenvalue weighted by molar-refractivity contribution is 6.03. The number of carbonyl (C=O) groups is 1. The fraction of sp³-hybridized carbons (Fsp3) is 0.148. The molecule has 0 aliphatic rings. The lowest BCUT2D eigenvalue weighted by Crippen LogP contribution is -2.09. The molecule has 0 aliphatic carbocycles. The summed E-state index contributed by atoms with van der Waals surface area (Å²) in [5.74, 6) is 2.08. The second-order valence-corrected chi connectivity index (χ2v) is 7.16. The first-order valence-electron chi connectivity index (χ1n) is 10.4. The van der Waals surface area contributed by atoms with Gasteiger partial charge in [-0.15, -0.1) is 0 Å². The van der Waals surface area contributed by atoms with Crippen LogP contribution >= 0.6 is 0 Å². The van der Waals surface area contributed by atoms with Crippen LogP contribution in [-0.4, -0.2) is 39.5 Å². The van der Waals surface area contributed by atoms with E-state index in [1.807, 2.05) is 36.4 Å². The number of amides is 1. The van der Waals surface area contributed by atoms with Gasteiger partial charge in [0.25, 0.3) is 0 Å². The molecule has 3 aromatic carbocycles. The summed E-state index contributed by atoms with van der Waals surface area (Å²) in [6, 6.07) is 15.6. The number of phenols is 1. The Hall–Kier alpha value is -4.39. The highest BCUT2D eigenvalue weighted by Gasteiger charge is 2.12. The number of phenolic OH excluding ortho intramolecular Hbond substituents is 1. The Balaban J connectivity index is 1.86. The molecule has 3 aromatic rings. The molecule has 7 nitrogen and oxygen atoms in total. The van der Waals surface area contributed by atoms with Crippen LogP contribution in [0.4, 0.5) is 5.69 Å². The van der Waals surface area contributed by atoms with Gasteiger partial charge < -0.3 is 29.4 Å². The zero-order valence-electron chi connectivity index (χ0n) is 19.5. The smallest absolute Gasteiger partial charge is 0.248 e. The molecule has 2 N–H and O–H groups in total. The van der Waals surface area contributed by atoms with Crippen molar-refractivity contribution in [1.82, 2.24) is 0 Å². The fourth-order valence-electron chi connectivity index (χ4n) is 3.23. The van der Waals surface area contributed by atoms with Gasteiger partial charge in [0.05, 0.1) is 34.1 Å². The van der Waals surface area contributed by atoms with Crippen LogP contribution in [0.3, 0.4) is 0 Å². The van der Waals surface area contributed by atoms with Gasteiger partial charge in [-0.25, -0.2) is 0 Å². The van der Waals surface area contributed by atoms with Crippen LogP contribution in [-0.2, 0) is 4.79 Å². The van der Waals surface area contributed by atoms with E-state index in [0.717, 1.165) is 16.7 Å². The Morgan fingerprint density at radius 1 is 0.765 bits per heavy atom. The molecular weight excluding hydrogens is 434 g/mol. The zero-order valence-corrected chi connectivity index (χ0v) is 19.5. The maximum absolute atomic E-state index is 12.6. The average molecular weight is 462 g/mol. The zero-order chi connectivity index (χ0) is 24.5. The van der Waals surface area contributed by atoms with E-state index < -0.39 is 0 Å². The lowest BCUT2D eigenvalue weighted by Gasteiger charge is -2.13. The average Bonchev–Trinajstić information content (AvgIpc) is 2.86. The van der Waals surface area contributed by atoms with Crippen LogP contribution in [0.15, 0.2) is 60.7 Å². The predicted octanol–water partition coefficient (Wildman–Crippen LogP) is 5.25.